The van der Waals surface area contributed by atoms with Crippen molar-refractivity contribution in [2.24, 2.45) is 11.8 Å². The molecule has 178 valence electrons. The second-order valence-electron chi connectivity index (χ2n) is 9.30. The Kier molecular flexibility index (Phi) is 6.00. The normalized spacial score (nSPS) is 22.2. The van der Waals surface area contributed by atoms with Crippen molar-refractivity contribution in [1.82, 2.24) is 10.6 Å². The van der Waals surface area contributed by atoms with Gasteiger partial charge in [-0.3, -0.25) is 4.79 Å². The zero-order chi connectivity index (χ0) is 23.7. The molecule has 0 bridgehead atoms. The van der Waals surface area contributed by atoms with Gasteiger partial charge in [-0.15, -0.1) is 0 Å². The summed E-state index contributed by atoms with van der Waals surface area (Å²) in [6.45, 7) is 1.17. The fourth-order valence-electron chi connectivity index (χ4n) is 5.10. The molecule has 2 fully saturated rings. The summed E-state index contributed by atoms with van der Waals surface area (Å²) in [6.07, 6.45) is 0.605. The summed E-state index contributed by atoms with van der Waals surface area (Å²) in [5, 5.41) is 15.1. The van der Waals surface area contributed by atoms with Crippen molar-refractivity contribution in [2.75, 3.05) is 26.4 Å². The fourth-order valence-corrected chi connectivity index (χ4v) is 5.10. The van der Waals surface area contributed by atoms with E-state index >= 15 is 0 Å². The highest BCUT2D eigenvalue weighted by Gasteiger charge is 2.48. The van der Waals surface area contributed by atoms with Gasteiger partial charge in [0.1, 0.15) is 12.1 Å². The average Bonchev–Trinajstić information content (AvgIpc) is 3.57. The molecule has 0 spiro atoms. The Labute approximate surface area is 197 Å². The third-order valence-electron chi connectivity index (χ3n) is 7.23. The van der Waals surface area contributed by atoms with Crippen molar-refractivity contribution >= 4 is 18.0 Å². The molecule has 2 aromatic rings. The number of rotatable bonds is 7. The Morgan fingerprint density at radius 3 is 2.24 bits per heavy atom. The van der Waals surface area contributed by atoms with E-state index in [0.29, 0.717) is 26.2 Å². The number of fused-ring (bicyclic) bond motifs is 3. The van der Waals surface area contributed by atoms with Gasteiger partial charge in [-0.05, 0) is 34.6 Å². The molecular weight excluding hydrogens is 436 g/mol. The lowest BCUT2D eigenvalue weighted by atomic mass is 9.90. The van der Waals surface area contributed by atoms with Gasteiger partial charge in [-0.1, -0.05) is 48.5 Å². The molecule has 2 unspecified atom stereocenters. The van der Waals surface area contributed by atoms with Crippen LogP contribution in [0.2, 0.25) is 0 Å². The number of hydrogen-bond acceptors (Lipinski definition) is 5. The third-order valence-corrected chi connectivity index (χ3v) is 7.23. The molecule has 5 rings (SSSR count). The summed E-state index contributed by atoms with van der Waals surface area (Å²) in [4.78, 5) is 36.7. The van der Waals surface area contributed by atoms with E-state index in [1.165, 1.54) is 11.1 Å². The van der Waals surface area contributed by atoms with Gasteiger partial charge < -0.3 is 25.2 Å². The van der Waals surface area contributed by atoms with Crippen LogP contribution in [0.5, 0.6) is 0 Å². The van der Waals surface area contributed by atoms with Crippen LogP contribution in [0, 0.1) is 11.8 Å². The predicted octanol–water partition coefficient (Wildman–Crippen LogP) is 2.91. The Morgan fingerprint density at radius 2 is 1.62 bits per heavy atom. The van der Waals surface area contributed by atoms with Gasteiger partial charge in [0.15, 0.2) is 0 Å². The van der Waals surface area contributed by atoms with Gasteiger partial charge in [-0.25, -0.2) is 9.59 Å². The van der Waals surface area contributed by atoms with E-state index < -0.39 is 17.6 Å². The molecule has 2 aliphatic carbocycles. The van der Waals surface area contributed by atoms with Gasteiger partial charge in [-0.2, -0.15) is 0 Å². The topological polar surface area (TPSA) is 114 Å². The summed E-state index contributed by atoms with van der Waals surface area (Å²) in [5.41, 5.74) is 3.37. The minimum absolute atomic E-state index is 0.00992. The molecule has 2 atom stereocenters. The van der Waals surface area contributed by atoms with Gasteiger partial charge in [0.05, 0.1) is 0 Å². The monoisotopic (exact) mass is 464 g/mol. The zero-order valence-corrected chi connectivity index (χ0v) is 18.8. The maximum atomic E-state index is 12.6. The van der Waals surface area contributed by atoms with Crippen LogP contribution in [0.15, 0.2) is 48.5 Å². The standard InChI is InChI=1S/C26H28N2O6/c29-23(28-26(24(30)31)9-11-33-12-10-26)21-13-16(21)14-27-25(32)34-15-22-19-7-3-1-5-17(19)18-6-2-4-8-20(18)22/h1-8,16,21-22H,9-15H2,(H,27,32)(H,28,29)(H,30,31). The second-order valence-corrected chi connectivity index (χ2v) is 9.30. The molecule has 0 aromatic heterocycles. The molecule has 3 N–H and O–H groups in total. The molecular formula is C26H28N2O6. The number of carboxylic acid groups (broad SMARTS) is 1. The van der Waals surface area contributed by atoms with E-state index in [-0.39, 0.29) is 43.1 Å². The van der Waals surface area contributed by atoms with E-state index in [4.69, 9.17) is 9.47 Å². The second kappa shape index (κ2) is 9.10. The summed E-state index contributed by atoms with van der Waals surface area (Å²) >= 11 is 0. The predicted molar refractivity (Wildman–Crippen MR) is 123 cm³/mol. The molecule has 1 aliphatic heterocycles. The molecule has 2 aromatic carbocycles. The number of aliphatic carboxylic acids is 1. The molecule has 1 saturated heterocycles. The number of benzene rings is 2. The van der Waals surface area contributed by atoms with E-state index in [0.717, 1.165) is 11.1 Å². The van der Waals surface area contributed by atoms with Crippen LogP contribution in [-0.2, 0) is 19.1 Å². The first-order chi connectivity index (χ1) is 16.5. The maximum absolute atomic E-state index is 12.6. The van der Waals surface area contributed by atoms with Crippen LogP contribution in [0.25, 0.3) is 11.1 Å². The summed E-state index contributed by atoms with van der Waals surface area (Å²) < 4.78 is 10.8. The van der Waals surface area contributed by atoms with Crippen LogP contribution >= 0.6 is 0 Å². The van der Waals surface area contributed by atoms with E-state index in [1.807, 2.05) is 24.3 Å². The highest BCUT2D eigenvalue weighted by atomic mass is 16.5. The summed E-state index contributed by atoms with van der Waals surface area (Å²) in [5.74, 6) is -1.63. The molecule has 34 heavy (non-hydrogen) atoms. The van der Waals surface area contributed by atoms with Crippen molar-refractivity contribution < 1.29 is 29.0 Å². The first-order valence-corrected chi connectivity index (χ1v) is 11.7. The van der Waals surface area contributed by atoms with Crippen LogP contribution in [0.1, 0.15) is 36.3 Å². The molecule has 3 aliphatic rings. The number of ether oxygens (including phenoxy) is 2. The van der Waals surface area contributed by atoms with Crippen molar-refractivity contribution in [1.29, 1.82) is 0 Å². The Morgan fingerprint density at radius 1 is 1.00 bits per heavy atom. The van der Waals surface area contributed by atoms with Gasteiger partial charge in [0.2, 0.25) is 5.91 Å². The molecule has 8 nitrogen and oxygen atoms in total. The molecule has 8 heteroatoms. The molecule has 1 heterocycles. The number of hydrogen-bond donors (Lipinski definition) is 3. The van der Waals surface area contributed by atoms with Crippen molar-refractivity contribution in [3.05, 3.63) is 59.7 Å². The van der Waals surface area contributed by atoms with E-state index in [1.54, 1.807) is 0 Å². The number of nitrogens with one attached hydrogen (secondary N) is 2. The molecule has 0 radical (unpaired) electrons. The number of amides is 2. The fraction of sp³-hybridized carbons (Fsp3) is 0.423. The van der Waals surface area contributed by atoms with Crippen LogP contribution in [0.4, 0.5) is 4.79 Å². The lowest BCUT2D eigenvalue weighted by Gasteiger charge is -2.34. The van der Waals surface area contributed by atoms with Crippen LogP contribution in [0.3, 0.4) is 0 Å². The number of alkyl carbamates (subject to hydrolysis) is 1. The first kappa shape index (κ1) is 22.4. The largest absolute Gasteiger partial charge is 0.480 e. The number of carbonyl (C=O) groups is 3. The van der Waals surface area contributed by atoms with Gasteiger partial charge in [0, 0.05) is 44.4 Å². The smallest absolute Gasteiger partial charge is 0.407 e. The Bertz CT molecular complexity index is 1060. The third kappa shape index (κ3) is 4.25. The highest BCUT2D eigenvalue weighted by molar-refractivity contribution is 5.89. The van der Waals surface area contributed by atoms with Crippen LogP contribution < -0.4 is 10.6 Å². The van der Waals surface area contributed by atoms with Gasteiger partial charge >= 0.3 is 12.1 Å². The molecule has 2 amide bonds. The van der Waals surface area contributed by atoms with Crippen LogP contribution in [-0.4, -0.2) is 55.0 Å². The maximum Gasteiger partial charge on any atom is 0.407 e. The Hall–Kier alpha value is -3.39. The van der Waals surface area contributed by atoms with Crippen molar-refractivity contribution in [3.8, 4) is 11.1 Å². The zero-order valence-electron chi connectivity index (χ0n) is 18.8. The minimum atomic E-state index is -1.26. The van der Waals surface area contributed by atoms with Crippen molar-refractivity contribution in [3.63, 3.8) is 0 Å². The Balaban J connectivity index is 1.11. The minimum Gasteiger partial charge on any atom is -0.480 e. The van der Waals surface area contributed by atoms with E-state index in [2.05, 4.69) is 34.9 Å². The summed E-state index contributed by atoms with van der Waals surface area (Å²) in [7, 11) is 0. The molecule has 1 saturated carbocycles. The number of carboxylic acids is 1. The SMILES string of the molecule is O=C(NCC1CC1C(=O)NC1(C(=O)O)CCOCC1)OCC1c2ccccc2-c2ccccc21. The van der Waals surface area contributed by atoms with Crippen molar-refractivity contribution in [2.45, 2.75) is 30.7 Å². The number of carbonyl (C=O) groups excluding carboxylic acids is 2. The lowest BCUT2D eigenvalue weighted by molar-refractivity contribution is -0.152. The van der Waals surface area contributed by atoms with Gasteiger partial charge in [0.25, 0.3) is 0 Å². The first-order valence-electron chi connectivity index (χ1n) is 11.7. The average molecular weight is 465 g/mol. The van der Waals surface area contributed by atoms with E-state index in [9.17, 15) is 19.5 Å². The highest BCUT2D eigenvalue weighted by Crippen LogP contribution is 2.44. The lowest BCUT2D eigenvalue weighted by Crippen LogP contribution is -2.58. The summed E-state index contributed by atoms with van der Waals surface area (Å²) in [6, 6.07) is 16.3. The quantitative estimate of drug-likeness (QED) is 0.581.